The predicted molar refractivity (Wildman–Crippen MR) is 102 cm³/mol. The third-order valence-corrected chi connectivity index (χ3v) is 4.52. The molecule has 0 saturated carbocycles. The van der Waals surface area contributed by atoms with Crippen LogP contribution in [0.2, 0.25) is 0 Å². The highest BCUT2D eigenvalue weighted by Crippen LogP contribution is 2.23. The van der Waals surface area contributed by atoms with Crippen molar-refractivity contribution in [3.05, 3.63) is 63.3 Å². The van der Waals surface area contributed by atoms with Crippen LogP contribution in [-0.2, 0) is 15.6 Å². The van der Waals surface area contributed by atoms with Gasteiger partial charge < -0.3 is 15.4 Å². The van der Waals surface area contributed by atoms with Crippen LogP contribution in [0.1, 0.15) is 55.1 Å². The Kier molecular flexibility index (Phi) is 5.54. The smallest absolute Gasteiger partial charge is 0.315 e. The lowest BCUT2D eigenvalue weighted by Crippen LogP contribution is -2.45. The third-order valence-electron chi connectivity index (χ3n) is 4.52. The van der Waals surface area contributed by atoms with E-state index < -0.39 is 22.9 Å². The molecule has 1 heterocycles. The Morgan fingerprint density at radius 1 is 1.15 bits per heavy atom. The number of carboxylic acid groups (broad SMARTS) is 1. The Balaban J connectivity index is 2.30. The van der Waals surface area contributed by atoms with Gasteiger partial charge in [0.05, 0.1) is 5.69 Å². The number of hydrogen-bond donors (Lipinski definition) is 3. The summed E-state index contributed by atoms with van der Waals surface area (Å²) >= 11 is 0. The first-order chi connectivity index (χ1) is 12.5. The van der Waals surface area contributed by atoms with Gasteiger partial charge in [-0.05, 0) is 19.4 Å². The Bertz CT molecular complexity index is 913. The van der Waals surface area contributed by atoms with Crippen LogP contribution in [0.3, 0.4) is 0 Å². The molecule has 1 aromatic carbocycles. The van der Waals surface area contributed by atoms with Gasteiger partial charge in [-0.15, -0.1) is 0 Å². The molecule has 1 amide bonds. The molecule has 3 N–H and O–H groups in total. The minimum atomic E-state index is -1.32. The lowest BCUT2D eigenvalue weighted by molar-refractivity contribution is -0.142. The second-order valence-corrected chi connectivity index (χ2v) is 7.81. The van der Waals surface area contributed by atoms with E-state index in [1.54, 1.807) is 37.3 Å². The summed E-state index contributed by atoms with van der Waals surface area (Å²) in [5, 5.41) is 12.3. The molecule has 2 rings (SSSR count). The van der Waals surface area contributed by atoms with Gasteiger partial charge in [-0.3, -0.25) is 14.4 Å². The van der Waals surface area contributed by atoms with Crippen molar-refractivity contribution in [1.29, 1.82) is 0 Å². The van der Waals surface area contributed by atoms with E-state index in [0.29, 0.717) is 17.1 Å². The summed E-state index contributed by atoms with van der Waals surface area (Å²) in [5.41, 5.74) is -1.47. The van der Waals surface area contributed by atoms with Crippen molar-refractivity contribution >= 4 is 11.9 Å². The number of rotatable bonds is 5. The summed E-state index contributed by atoms with van der Waals surface area (Å²) in [7, 11) is 0. The van der Waals surface area contributed by atoms with E-state index in [1.807, 2.05) is 20.8 Å². The van der Waals surface area contributed by atoms with Crippen molar-refractivity contribution in [3.63, 3.8) is 0 Å². The number of hydrogen-bond acceptors (Lipinski definition) is 4. The van der Waals surface area contributed by atoms with Gasteiger partial charge in [-0.1, -0.05) is 51.1 Å². The van der Waals surface area contributed by atoms with Gasteiger partial charge in [0.2, 0.25) is 0 Å². The van der Waals surface area contributed by atoms with E-state index in [9.17, 15) is 19.5 Å². The van der Waals surface area contributed by atoms with Crippen LogP contribution < -0.4 is 10.9 Å². The van der Waals surface area contributed by atoms with Crippen LogP contribution in [-0.4, -0.2) is 33.5 Å². The fraction of sp³-hybridized carbons (Fsp3) is 0.400. The SMILES string of the molecule is Cc1nc(C(C)(C)C)[nH]c(=O)c1C(=O)NCC(C)(C(=O)O)c1ccccc1. The zero-order chi connectivity index (χ0) is 20.4. The van der Waals surface area contributed by atoms with E-state index in [0.717, 1.165) is 0 Å². The summed E-state index contributed by atoms with van der Waals surface area (Å²) in [5.74, 6) is -1.23. The minimum absolute atomic E-state index is 0.108. The normalized spacial score (nSPS) is 13.7. The van der Waals surface area contributed by atoms with E-state index in [4.69, 9.17) is 0 Å². The number of carboxylic acids is 1. The monoisotopic (exact) mass is 371 g/mol. The Hall–Kier alpha value is -2.96. The fourth-order valence-electron chi connectivity index (χ4n) is 2.66. The topological polar surface area (TPSA) is 112 Å². The van der Waals surface area contributed by atoms with E-state index in [-0.39, 0.29) is 17.5 Å². The van der Waals surface area contributed by atoms with Crippen molar-refractivity contribution in [2.45, 2.75) is 45.4 Å². The number of carbonyl (C=O) groups excluding carboxylic acids is 1. The van der Waals surface area contributed by atoms with Crippen molar-refractivity contribution in [3.8, 4) is 0 Å². The molecule has 0 aliphatic carbocycles. The molecule has 0 fully saturated rings. The summed E-state index contributed by atoms with van der Waals surface area (Å²) in [4.78, 5) is 43.8. The Morgan fingerprint density at radius 2 is 1.74 bits per heavy atom. The Morgan fingerprint density at radius 3 is 2.22 bits per heavy atom. The minimum Gasteiger partial charge on any atom is -0.481 e. The molecule has 0 radical (unpaired) electrons. The number of carbonyl (C=O) groups is 2. The molecule has 7 nitrogen and oxygen atoms in total. The molecule has 0 saturated heterocycles. The van der Waals surface area contributed by atoms with Crippen molar-refractivity contribution in [2.75, 3.05) is 6.54 Å². The molecule has 1 unspecified atom stereocenters. The number of nitrogens with one attached hydrogen (secondary N) is 2. The average molecular weight is 371 g/mol. The molecular weight excluding hydrogens is 346 g/mol. The fourth-order valence-corrected chi connectivity index (χ4v) is 2.66. The predicted octanol–water partition coefficient (Wildman–Crippen LogP) is 2.15. The van der Waals surface area contributed by atoms with Gasteiger partial charge in [-0.2, -0.15) is 0 Å². The molecule has 0 aliphatic rings. The highest BCUT2D eigenvalue weighted by atomic mass is 16.4. The van der Waals surface area contributed by atoms with Gasteiger partial charge in [-0.25, -0.2) is 4.98 Å². The quantitative estimate of drug-likeness (QED) is 0.745. The number of H-pyrrole nitrogens is 1. The van der Waals surface area contributed by atoms with Crippen molar-refractivity contribution in [1.82, 2.24) is 15.3 Å². The number of aliphatic carboxylic acids is 1. The van der Waals surface area contributed by atoms with Gasteiger partial charge in [0.25, 0.3) is 11.5 Å². The second kappa shape index (κ2) is 7.34. The Labute approximate surface area is 157 Å². The molecule has 7 heteroatoms. The highest BCUT2D eigenvalue weighted by molar-refractivity contribution is 5.95. The second-order valence-electron chi connectivity index (χ2n) is 7.81. The first-order valence-electron chi connectivity index (χ1n) is 8.65. The van der Waals surface area contributed by atoms with Crippen LogP contribution in [0.15, 0.2) is 35.1 Å². The van der Waals surface area contributed by atoms with E-state index in [2.05, 4.69) is 15.3 Å². The molecule has 0 spiro atoms. The van der Waals surface area contributed by atoms with E-state index >= 15 is 0 Å². The van der Waals surface area contributed by atoms with Crippen LogP contribution in [0.4, 0.5) is 0 Å². The van der Waals surface area contributed by atoms with Crippen LogP contribution in [0.5, 0.6) is 0 Å². The lowest BCUT2D eigenvalue weighted by atomic mass is 9.82. The molecule has 27 heavy (non-hydrogen) atoms. The van der Waals surface area contributed by atoms with Gasteiger partial charge in [0.1, 0.15) is 16.8 Å². The number of aromatic nitrogens is 2. The lowest BCUT2D eigenvalue weighted by Gasteiger charge is -2.26. The summed E-state index contributed by atoms with van der Waals surface area (Å²) in [6.45, 7) is 8.68. The van der Waals surface area contributed by atoms with Gasteiger partial charge >= 0.3 is 5.97 Å². The molecule has 0 bridgehead atoms. The maximum atomic E-state index is 12.6. The molecule has 2 aromatic rings. The standard InChI is InChI=1S/C20H25N3O4/c1-12-14(16(25)23-17(22-12)19(2,3)4)15(24)21-11-20(5,18(26)27)13-9-7-6-8-10-13/h6-10H,11H2,1-5H3,(H,21,24)(H,26,27)(H,22,23,25). The van der Waals surface area contributed by atoms with Crippen LogP contribution in [0, 0.1) is 6.92 Å². The molecule has 0 aliphatic heterocycles. The number of aryl methyl sites for hydroxylation is 1. The maximum Gasteiger partial charge on any atom is 0.315 e. The first kappa shape index (κ1) is 20.4. The highest BCUT2D eigenvalue weighted by Gasteiger charge is 2.36. The maximum absolute atomic E-state index is 12.6. The summed E-state index contributed by atoms with van der Waals surface area (Å²) < 4.78 is 0. The summed E-state index contributed by atoms with van der Waals surface area (Å²) in [6.07, 6.45) is 0. The number of aromatic amines is 1. The first-order valence-corrected chi connectivity index (χ1v) is 8.65. The number of amides is 1. The van der Waals surface area contributed by atoms with Crippen molar-refractivity contribution < 1.29 is 14.7 Å². The van der Waals surface area contributed by atoms with Gasteiger partial charge in [0.15, 0.2) is 0 Å². The largest absolute Gasteiger partial charge is 0.481 e. The number of benzene rings is 1. The van der Waals surface area contributed by atoms with Gasteiger partial charge in [0, 0.05) is 12.0 Å². The molecule has 1 aromatic heterocycles. The zero-order valence-electron chi connectivity index (χ0n) is 16.2. The zero-order valence-corrected chi connectivity index (χ0v) is 16.2. The number of nitrogens with zero attached hydrogens (tertiary/aromatic N) is 1. The summed E-state index contributed by atoms with van der Waals surface area (Å²) in [6, 6.07) is 8.65. The molecular formula is C20H25N3O4. The van der Waals surface area contributed by atoms with E-state index in [1.165, 1.54) is 6.92 Å². The average Bonchev–Trinajstić information content (AvgIpc) is 2.58. The molecule has 144 valence electrons. The van der Waals surface area contributed by atoms with Crippen molar-refractivity contribution in [2.24, 2.45) is 0 Å². The van der Waals surface area contributed by atoms with Crippen LogP contribution >= 0.6 is 0 Å². The third kappa shape index (κ3) is 4.24. The van der Waals surface area contributed by atoms with Crippen LogP contribution in [0.25, 0.3) is 0 Å². The molecule has 1 atom stereocenters.